The van der Waals surface area contributed by atoms with Crippen molar-refractivity contribution < 1.29 is 14.6 Å². The fourth-order valence-electron chi connectivity index (χ4n) is 5.27. The van der Waals surface area contributed by atoms with Gasteiger partial charge in [0.05, 0.1) is 14.2 Å². The SMILES string of the molecule is COc1ccc2c(c1)CC1[C@H](c3cccc(O)c3)c3cc(OC)ccc3C[C@@H]21. The van der Waals surface area contributed by atoms with Crippen LogP contribution in [-0.4, -0.2) is 19.3 Å². The first-order valence-electron chi connectivity index (χ1n) is 9.80. The Morgan fingerprint density at radius 1 is 0.786 bits per heavy atom. The molecule has 0 fully saturated rings. The first kappa shape index (κ1) is 17.2. The molecule has 0 aromatic heterocycles. The van der Waals surface area contributed by atoms with Gasteiger partial charge < -0.3 is 14.6 Å². The standard InChI is InChI=1S/C25H24O3/c1-27-19-8-9-21-17(11-19)13-24-23(21)12-15-6-7-20(28-2)14-22(15)25(24)16-4-3-5-18(26)10-16/h3-11,14,23-26H,12-13H2,1-2H3/t23-,24?,25+/m0/s1. The van der Waals surface area contributed by atoms with Crippen molar-refractivity contribution in [2.24, 2.45) is 5.92 Å². The minimum atomic E-state index is 0.231. The van der Waals surface area contributed by atoms with Crippen LogP contribution < -0.4 is 9.47 Å². The molecule has 0 amide bonds. The molecule has 2 aliphatic rings. The van der Waals surface area contributed by atoms with Crippen LogP contribution >= 0.6 is 0 Å². The van der Waals surface area contributed by atoms with Crippen LogP contribution in [0.25, 0.3) is 0 Å². The largest absolute Gasteiger partial charge is 0.508 e. The molecule has 3 nitrogen and oxygen atoms in total. The van der Waals surface area contributed by atoms with Gasteiger partial charge in [-0.2, -0.15) is 0 Å². The van der Waals surface area contributed by atoms with E-state index in [0.29, 0.717) is 17.6 Å². The van der Waals surface area contributed by atoms with Gasteiger partial charge in [0.2, 0.25) is 0 Å². The van der Waals surface area contributed by atoms with Gasteiger partial charge in [-0.15, -0.1) is 0 Å². The number of hydrogen-bond acceptors (Lipinski definition) is 3. The average Bonchev–Trinajstić information content (AvgIpc) is 3.08. The summed E-state index contributed by atoms with van der Waals surface area (Å²) < 4.78 is 11.0. The minimum absolute atomic E-state index is 0.231. The highest BCUT2D eigenvalue weighted by Crippen LogP contribution is 2.54. The van der Waals surface area contributed by atoms with Crippen molar-refractivity contribution in [2.75, 3.05) is 14.2 Å². The second-order valence-electron chi connectivity index (χ2n) is 7.88. The molecule has 0 saturated carbocycles. The molecule has 0 heterocycles. The second-order valence-corrected chi connectivity index (χ2v) is 7.88. The third kappa shape index (κ3) is 2.65. The number of phenolic OH excluding ortho intramolecular Hbond substituents is 1. The van der Waals surface area contributed by atoms with E-state index in [2.05, 4.69) is 42.5 Å². The minimum Gasteiger partial charge on any atom is -0.508 e. The number of aromatic hydroxyl groups is 1. The zero-order valence-electron chi connectivity index (χ0n) is 16.2. The number of rotatable bonds is 3. The Morgan fingerprint density at radius 3 is 2.36 bits per heavy atom. The van der Waals surface area contributed by atoms with Gasteiger partial charge in [-0.25, -0.2) is 0 Å². The molecule has 5 rings (SSSR count). The summed E-state index contributed by atoms with van der Waals surface area (Å²) in [5.41, 5.74) is 6.70. The van der Waals surface area contributed by atoms with Gasteiger partial charge in [0.15, 0.2) is 0 Å². The Labute approximate surface area is 165 Å². The number of fused-ring (bicyclic) bond motifs is 4. The Hall–Kier alpha value is -2.94. The van der Waals surface area contributed by atoms with Crippen molar-refractivity contribution in [3.63, 3.8) is 0 Å². The predicted molar refractivity (Wildman–Crippen MR) is 110 cm³/mol. The summed E-state index contributed by atoms with van der Waals surface area (Å²) in [6.07, 6.45) is 2.06. The molecule has 0 aliphatic heterocycles. The van der Waals surface area contributed by atoms with Crippen molar-refractivity contribution >= 4 is 0 Å². The molecule has 0 spiro atoms. The lowest BCUT2D eigenvalue weighted by Crippen LogP contribution is -2.26. The van der Waals surface area contributed by atoms with E-state index < -0.39 is 0 Å². The summed E-state index contributed by atoms with van der Waals surface area (Å²) in [7, 11) is 3.44. The normalized spacial score (nSPS) is 22.1. The maximum atomic E-state index is 10.1. The summed E-state index contributed by atoms with van der Waals surface area (Å²) in [4.78, 5) is 0. The molecule has 0 radical (unpaired) electrons. The van der Waals surface area contributed by atoms with Crippen LogP contribution in [0.4, 0.5) is 0 Å². The quantitative estimate of drug-likeness (QED) is 0.699. The molecule has 3 heteroatoms. The molecule has 1 N–H and O–H groups in total. The van der Waals surface area contributed by atoms with Crippen molar-refractivity contribution in [1.29, 1.82) is 0 Å². The molecule has 3 atom stereocenters. The highest BCUT2D eigenvalue weighted by atomic mass is 16.5. The van der Waals surface area contributed by atoms with E-state index in [0.717, 1.165) is 24.3 Å². The van der Waals surface area contributed by atoms with E-state index in [4.69, 9.17) is 9.47 Å². The molecule has 2 aliphatic carbocycles. The fraction of sp³-hybridized carbons (Fsp3) is 0.280. The van der Waals surface area contributed by atoms with Crippen LogP contribution in [0.15, 0.2) is 60.7 Å². The van der Waals surface area contributed by atoms with E-state index in [1.165, 1.54) is 27.8 Å². The van der Waals surface area contributed by atoms with Crippen molar-refractivity contribution in [2.45, 2.75) is 24.7 Å². The van der Waals surface area contributed by atoms with Crippen LogP contribution in [-0.2, 0) is 12.8 Å². The molecule has 1 unspecified atom stereocenters. The fourth-order valence-corrected chi connectivity index (χ4v) is 5.27. The molecule has 142 valence electrons. The van der Waals surface area contributed by atoms with E-state index in [-0.39, 0.29) is 5.92 Å². The highest BCUT2D eigenvalue weighted by molar-refractivity contribution is 5.52. The van der Waals surface area contributed by atoms with Crippen LogP contribution in [0.3, 0.4) is 0 Å². The number of ether oxygens (including phenoxy) is 2. The van der Waals surface area contributed by atoms with Gasteiger partial charge in [0.25, 0.3) is 0 Å². The van der Waals surface area contributed by atoms with Crippen LogP contribution in [0.2, 0.25) is 0 Å². The van der Waals surface area contributed by atoms with Gasteiger partial charge in [-0.1, -0.05) is 24.3 Å². The van der Waals surface area contributed by atoms with Crippen LogP contribution in [0.1, 0.15) is 39.7 Å². The lowest BCUT2D eigenvalue weighted by atomic mass is 9.67. The summed E-state index contributed by atoms with van der Waals surface area (Å²) in [5.74, 6) is 3.30. The lowest BCUT2D eigenvalue weighted by Gasteiger charge is -2.37. The Kier molecular flexibility index (Phi) is 4.04. The van der Waals surface area contributed by atoms with Crippen LogP contribution in [0.5, 0.6) is 17.2 Å². The molecular weight excluding hydrogens is 348 g/mol. The van der Waals surface area contributed by atoms with E-state index in [1.807, 2.05) is 12.1 Å². The Bertz CT molecular complexity index is 1040. The van der Waals surface area contributed by atoms with Gasteiger partial charge in [-0.3, -0.25) is 0 Å². The van der Waals surface area contributed by atoms with Crippen molar-refractivity contribution in [3.05, 3.63) is 88.5 Å². The highest BCUT2D eigenvalue weighted by Gasteiger charge is 2.43. The zero-order valence-corrected chi connectivity index (χ0v) is 16.2. The number of methoxy groups -OCH3 is 2. The third-order valence-electron chi connectivity index (χ3n) is 6.51. The smallest absolute Gasteiger partial charge is 0.119 e. The first-order valence-corrected chi connectivity index (χ1v) is 9.80. The second kappa shape index (κ2) is 6.59. The Balaban J connectivity index is 1.67. The van der Waals surface area contributed by atoms with E-state index >= 15 is 0 Å². The van der Waals surface area contributed by atoms with E-state index in [1.54, 1.807) is 20.3 Å². The Morgan fingerprint density at radius 2 is 1.57 bits per heavy atom. The monoisotopic (exact) mass is 372 g/mol. The van der Waals surface area contributed by atoms with Crippen molar-refractivity contribution in [1.82, 2.24) is 0 Å². The van der Waals surface area contributed by atoms with Gasteiger partial charge in [-0.05, 0) is 88.9 Å². The molecule has 3 aromatic carbocycles. The summed E-state index contributed by atoms with van der Waals surface area (Å²) in [6.45, 7) is 0. The molecule has 0 saturated heterocycles. The average molecular weight is 372 g/mol. The topological polar surface area (TPSA) is 38.7 Å². The zero-order chi connectivity index (χ0) is 19.3. The molecule has 28 heavy (non-hydrogen) atoms. The predicted octanol–water partition coefficient (Wildman–Crippen LogP) is 5.05. The van der Waals surface area contributed by atoms with Gasteiger partial charge >= 0.3 is 0 Å². The van der Waals surface area contributed by atoms with Crippen LogP contribution in [0, 0.1) is 5.92 Å². The summed E-state index contributed by atoms with van der Waals surface area (Å²) in [6, 6.07) is 20.7. The number of benzene rings is 3. The first-order chi connectivity index (χ1) is 13.7. The maximum Gasteiger partial charge on any atom is 0.119 e. The molecular formula is C25H24O3. The molecule has 0 bridgehead atoms. The van der Waals surface area contributed by atoms with Gasteiger partial charge in [0, 0.05) is 5.92 Å². The van der Waals surface area contributed by atoms with E-state index in [9.17, 15) is 5.11 Å². The summed E-state index contributed by atoms with van der Waals surface area (Å²) >= 11 is 0. The number of phenols is 1. The lowest BCUT2D eigenvalue weighted by molar-refractivity contribution is 0.375. The maximum absolute atomic E-state index is 10.1. The number of hydrogen-bond donors (Lipinski definition) is 1. The van der Waals surface area contributed by atoms with Gasteiger partial charge in [0.1, 0.15) is 17.2 Å². The third-order valence-corrected chi connectivity index (χ3v) is 6.51. The summed E-state index contributed by atoms with van der Waals surface area (Å²) in [5, 5.41) is 10.1. The van der Waals surface area contributed by atoms with Crippen molar-refractivity contribution in [3.8, 4) is 17.2 Å². The molecule has 3 aromatic rings.